The summed E-state index contributed by atoms with van der Waals surface area (Å²) >= 11 is 12.9. The molecule has 0 radical (unpaired) electrons. The molecule has 0 saturated carbocycles. The average molecular weight is 621 g/mol. The zero-order valence-corrected chi connectivity index (χ0v) is 25.7. The molecule has 220 valence electrons. The van der Waals surface area contributed by atoms with Gasteiger partial charge in [-0.2, -0.15) is 0 Å². The topological polar surface area (TPSA) is 96.0 Å². The number of carbonyl (C=O) groups excluding carboxylic acids is 2. The zero-order valence-electron chi connectivity index (χ0n) is 23.3. The average Bonchev–Trinajstić information content (AvgIpc) is 2.97. The Hall–Kier alpha value is -3.27. The standard InChI is InChI=1S/C30H35Cl2N3O5S/c1-4-6-19-33-30(37)28(5-2)34(20-25-26(31)13-10-14-27(25)32)29(36)21-35(22-11-8-7-9-12-22)41(38,39)24-17-15-23(40-3)16-18-24/h7-18,28H,4-6,19-21H2,1-3H3,(H,33,37)/t28-/m0/s1. The van der Waals surface area contributed by atoms with Crippen LogP contribution in [0.5, 0.6) is 5.75 Å². The molecular formula is C30H35Cl2N3O5S. The van der Waals surface area contributed by atoms with E-state index in [-0.39, 0.29) is 17.3 Å². The fourth-order valence-electron chi connectivity index (χ4n) is 4.28. The predicted molar refractivity (Wildman–Crippen MR) is 163 cm³/mol. The van der Waals surface area contributed by atoms with Crippen molar-refractivity contribution in [3.63, 3.8) is 0 Å². The first kappa shape index (κ1) is 32.2. The monoisotopic (exact) mass is 619 g/mol. The molecule has 8 nitrogen and oxygen atoms in total. The zero-order chi connectivity index (χ0) is 30.0. The maximum absolute atomic E-state index is 14.1. The lowest BCUT2D eigenvalue weighted by atomic mass is 10.1. The van der Waals surface area contributed by atoms with Crippen LogP contribution in [0.3, 0.4) is 0 Å². The second kappa shape index (κ2) is 15.1. The quantitative estimate of drug-likeness (QED) is 0.226. The minimum atomic E-state index is -4.19. The van der Waals surface area contributed by atoms with Crippen molar-refractivity contribution in [1.82, 2.24) is 10.2 Å². The Morgan fingerprint density at radius 1 is 0.927 bits per heavy atom. The molecule has 0 aliphatic carbocycles. The van der Waals surface area contributed by atoms with E-state index in [1.807, 2.05) is 6.92 Å². The number of carbonyl (C=O) groups is 2. The van der Waals surface area contributed by atoms with E-state index < -0.39 is 28.5 Å². The fraction of sp³-hybridized carbons (Fsp3) is 0.333. The third kappa shape index (κ3) is 8.15. The molecule has 0 heterocycles. The number of amides is 2. The Kier molecular flexibility index (Phi) is 11.9. The molecular weight excluding hydrogens is 585 g/mol. The molecule has 3 aromatic rings. The van der Waals surface area contributed by atoms with Crippen LogP contribution in [0, 0.1) is 0 Å². The number of hydrogen-bond acceptors (Lipinski definition) is 5. The van der Waals surface area contributed by atoms with Crippen LogP contribution in [-0.4, -0.2) is 51.4 Å². The SMILES string of the molecule is CCCCNC(=O)[C@H](CC)N(Cc1c(Cl)cccc1Cl)C(=O)CN(c1ccccc1)S(=O)(=O)c1ccc(OC)cc1. The highest BCUT2D eigenvalue weighted by atomic mass is 35.5. The van der Waals surface area contributed by atoms with E-state index in [1.54, 1.807) is 55.5 Å². The van der Waals surface area contributed by atoms with Crippen LogP contribution in [0.2, 0.25) is 10.0 Å². The Bertz CT molecular complexity index is 1400. The van der Waals surface area contributed by atoms with Gasteiger partial charge in [-0.05, 0) is 61.4 Å². The van der Waals surface area contributed by atoms with E-state index in [0.29, 0.717) is 40.0 Å². The number of hydrogen-bond donors (Lipinski definition) is 1. The van der Waals surface area contributed by atoms with Gasteiger partial charge in [0.15, 0.2) is 0 Å². The minimum Gasteiger partial charge on any atom is -0.497 e. The van der Waals surface area contributed by atoms with Crippen molar-refractivity contribution in [3.05, 3.63) is 88.4 Å². The van der Waals surface area contributed by atoms with Crippen LogP contribution in [-0.2, 0) is 26.2 Å². The Labute approximate surface area is 252 Å². The number of nitrogens with zero attached hydrogens (tertiary/aromatic N) is 2. The van der Waals surface area contributed by atoms with E-state index in [0.717, 1.165) is 17.1 Å². The smallest absolute Gasteiger partial charge is 0.264 e. The molecule has 0 bridgehead atoms. The van der Waals surface area contributed by atoms with Gasteiger partial charge in [-0.25, -0.2) is 8.42 Å². The van der Waals surface area contributed by atoms with Crippen molar-refractivity contribution in [2.45, 2.75) is 50.6 Å². The number of benzene rings is 3. The number of methoxy groups -OCH3 is 1. The first-order valence-corrected chi connectivity index (χ1v) is 15.6. The highest BCUT2D eigenvalue weighted by Gasteiger charge is 2.34. The maximum Gasteiger partial charge on any atom is 0.264 e. The van der Waals surface area contributed by atoms with Crippen molar-refractivity contribution in [1.29, 1.82) is 0 Å². The number of para-hydroxylation sites is 1. The molecule has 11 heteroatoms. The van der Waals surface area contributed by atoms with Gasteiger partial charge in [0.05, 0.1) is 17.7 Å². The lowest BCUT2D eigenvalue weighted by Crippen LogP contribution is -2.52. The third-order valence-electron chi connectivity index (χ3n) is 6.58. The molecule has 3 aromatic carbocycles. The first-order valence-electron chi connectivity index (χ1n) is 13.4. The first-order chi connectivity index (χ1) is 19.6. The highest BCUT2D eigenvalue weighted by molar-refractivity contribution is 7.92. The van der Waals surface area contributed by atoms with Gasteiger partial charge in [-0.3, -0.25) is 13.9 Å². The van der Waals surface area contributed by atoms with E-state index >= 15 is 0 Å². The lowest BCUT2D eigenvalue weighted by molar-refractivity contribution is -0.140. The van der Waals surface area contributed by atoms with Gasteiger partial charge in [-0.15, -0.1) is 0 Å². The molecule has 1 N–H and O–H groups in total. The number of halogens is 2. The Morgan fingerprint density at radius 3 is 2.12 bits per heavy atom. The number of nitrogens with one attached hydrogen (secondary N) is 1. The molecule has 0 fully saturated rings. The molecule has 0 aromatic heterocycles. The summed E-state index contributed by atoms with van der Waals surface area (Å²) in [5, 5.41) is 3.57. The summed E-state index contributed by atoms with van der Waals surface area (Å²) in [6.07, 6.45) is 1.97. The van der Waals surface area contributed by atoms with Crippen LogP contribution in [0.1, 0.15) is 38.7 Å². The molecule has 3 rings (SSSR count). The highest BCUT2D eigenvalue weighted by Crippen LogP contribution is 2.29. The number of anilines is 1. The number of unbranched alkanes of at least 4 members (excludes halogenated alkanes) is 1. The van der Waals surface area contributed by atoms with Crippen LogP contribution >= 0.6 is 23.2 Å². The molecule has 1 atom stereocenters. The van der Waals surface area contributed by atoms with Crippen LogP contribution < -0.4 is 14.4 Å². The van der Waals surface area contributed by atoms with Crippen LogP contribution in [0.15, 0.2) is 77.7 Å². The number of ether oxygens (including phenoxy) is 1. The lowest BCUT2D eigenvalue weighted by Gasteiger charge is -2.33. The van der Waals surface area contributed by atoms with Crippen molar-refractivity contribution >= 4 is 50.7 Å². The Morgan fingerprint density at radius 2 is 1.56 bits per heavy atom. The summed E-state index contributed by atoms with van der Waals surface area (Å²) in [6.45, 7) is 3.63. The third-order valence-corrected chi connectivity index (χ3v) is 9.07. The van der Waals surface area contributed by atoms with E-state index in [1.165, 1.54) is 36.3 Å². The second-order valence-corrected chi connectivity index (χ2v) is 12.0. The van der Waals surface area contributed by atoms with Crippen molar-refractivity contribution < 1.29 is 22.7 Å². The molecule has 2 amide bonds. The second-order valence-electron chi connectivity index (χ2n) is 9.31. The van der Waals surface area contributed by atoms with E-state index in [2.05, 4.69) is 5.32 Å². The molecule has 0 aliphatic heterocycles. The summed E-state index contributed by atoms with van der Waals surface area (Å²) in [6, 6.07) is 18.4. The van der Waals surface area contributed by atoms with Gasteiger partial charge in [0.1, 0.15) is 18.3 Å². The van der Waals surface area contributed by atoms with Gasteiger partial charge < -0.3 is 15.0 Å². The summed E-state index contributed by atoms with van der Waals surface area (Å²) in [5.74, 6) is -0.421. The van der Waals surface area contributed by atoms with Crippen molar-refractivity contribution in [3.8, 4) is 5.75 Å². The van der Waals surface area contributed by atoms with Crippen LogP contribution in [0.25, 0.3) is 0 Å². The number of rotatable bonds is 14. The molecule has 0 spiro atoms. The summed E-state index contributed by atoms with van der Waals surface area (Å²) in [7, 11) is -2.70. The summed E-state index contributed by atoms with van der Waals surface area (Å²) in [4.78, 5) is 28.7. The largest absolute Gasteiger partial charge is 0.497 e. The summed E-state index contributed by atoms with van der Waals surface area (Å²) < 4.78 is 34.0. The van der Waals surface area contributed by atoms with Gasteiger partial charge in [0.2, 0.25) is 11.8 Å². The van der Waals surface area contributed by atoms with Gasteiger partial charge >= 0.3 is 0 Å². The van der Waals surface area contributed by atoms with Gasteiger partial charge in [-0.1, -0.05) is 67.7 Å². The maximum atomic E-state index is 14.1. The van der Waals surface area contributed by atoms with Crippen molar-refractivity contribution in [2.24, 2.45) is 0 Å². The van der Waals surface area contributed by atoms with Crippen molar-refractivity contribution in [2.75, 3.05) is 24.5 Å². The van der Waals surface area contributed by atoms with Gasteiger partial charge in [0.25, 0.3) is 10.0 Å². The molecule has 0 unspecified atom stereocenters. The molecule has 0 aliphatic rings. The molecule has 41 heavy (non-hydrogen) atoms. The number of sulfonamides is 1. The normalized spacial score (nSPS) is 11.9. The minimum absolute atomic E-state index is 0.0139. The van der Waals surface area contributed by atoms with Gasteiger partial charge in [0, 0.05) is 28.7 Å². The van der Waals surface area contributed by atoms with E-state index in [9.17, 15) is 18.0 Å². The van der Waals surface area contributed by atoms with Crippen LogP contribution in [0.4, 0.5) is 5.69 Å². The van der Waals surface area contributed by atoms with E-state index in [4.69, 9.17) is 27.9 Å². The predicted octanol–water partition coefficient (Wildman–Crippen LogP) is 5.92. The molecule has 0 saturated heterocycles. The fourth-order valence-corrected chi connectivity index (χ4v) is 6.21. The Balaban J connectivity index is 2.05. The summed E-state index contributed by atoms with van der Waals surface area (Å²) in [5.41, 5.74) is 0.765.